The topological polar surface area (TPSA) is 67.9 Å². The lowest BCUT2D eigenvalue weighted by molar-refractivity contribution is -0.131. The van der Waals surface area contributed by atoms with Crippen LogP contribution >= 0.6 is 0 Å². The summed E-state index contributed by atoms with van der Waals surface area (Å²) in [5.41, 5.74) is -0.523. The van der Waals surface area contributed by atoms with Crippen LogP contribution in [0.4, 0.5) is 4.79 Å². The number of hydrogen-bond acceptors (Lipinski definition) is 4. The van der Waals surface area contributed by atoms with E-state index in [0.29, 0.717) is 6.54 Å². The maximum atomic E-state index is 11.9. The van der Waals surface area contributed by atoms with Gasteiger partial charge in [-0.15, -0.1) is 0 Å². The summed E-state index contributed by atoms with van der Waals surface area (Å²) in [5, 5.41) is 2.58. The highest BCUT2D eigenvalue weighted by Crippen LogP contribution is 2.13. The van der Waals surface area contributed by atoms with Crippen molar-refractivity contribution in [2.24, 2.45) is 0 Å². The van der Waals surface area contributed by atoms with Gasteiger partial charge >= 0.3 is 6.09 Å². The van der Waals surface area contributed by atoms with E-state index in [0.717, 1.165) is 19.4 Å². The number of likely N-dealkylation sites (N-methyl/N-ethyl adjacent to an activating group) is 1. The number of carbonyl (C=O) groups is 2. The van der Waals surface area contributed by atoms with Crippen molar-refractivity contribution in [1.82, 2.24) is 10.2 Å². The average Bonchev–Trinajstić information content (AvgIpc) is 2.79. The van der Waals surface area contributed by atoms with E-state index in [1.807, 2.05) is 0 Å². The first-order valence-electron chi connectivity index (χ1n) is 7.10. The van der Waals surface area contributed by atoms with Gasteiger partial charge in [-0.2, -0.15) is 0 Å². The first-order valence-corrected chi connectivity index (χ1v) is 7.10. The van der Waals surface area contributed by atoms with Gasteiger partial charge in [-0.1, -0.05) is 0 Å². The molecule has 6 heteroatoms. The molecule has 20 heavy (non-hydrogen) atoms. The molecule has 1 saturated heterocycles. The third-order valence-corrected chi connectivity index (χ3v) is 2.93. The highest BCUT2D eigenvalue weighted by atomic mass is 16.6. The zero-order valence-corrected chi connectivity index (χ0v) is 12.9. The van der Waals surface area contributed by atoms with Crippen molar-refractivity contribution in [1.29, 1.82) is 0 Å². The van der Waals surface area contributed by atoms with Crippen molar-refractivity contribution in [2.45, 2.75) is 51.7 Å². The maximum absolute atomic E-state index is 11.9. The van der Waals surface area contributed by atoms with E-state index in [1.165, 1.54) is 0 Å². The van der Waals surface area contributed by atoms with Crippen LogP contribution in [-0.4, -0.2) is 55.3 Å². The third kappa shape index (κ3) is 6.75. The second kappa shape index (κ2) is 7.47. The minimum atomic E-state index is -0.523. The van der Waals surface area contributed by atoms with Crippen LogP contribution in [0, 0.1) is 0 Å². The summed E-state index contributed by atoms with van der Waals surface area (Å²) in [6, 6.07) is 0. The second-order valence-electron chi connectivity index (χ2n) is 6.09. The van der Waals surface area contributed by atoms with E-state index in [9.17, 15) is 9.59 Å². The van der Waals surface area contributed by atoms with Crippen LogP contribution in [0.1, 0.15) is 40.0 Å². The summed E-state index contributed by atoms with van der Waals surface area (Å²) in [4.78, 5) is 24.9. The number of rotatable bonds is 5. The minimum absolute atomic E-state index is 0.00319. The molecule has 1 aliphatic rings. The molecule has 1 N–H and O–H groups in total. The zero-order valence-electron chi connectivity index (χ0n) is 12.9. The largest absolute Gasteiger partial charge is 0.444 e. The first kappa shape index (κ1) is 16.8. The highest BCUT2D eigenvalue weighted by Gasteiger charge is 2.20. The van der Waals surface area contributed by atoms with Crippen molar-refractivity contribution < 1.29 is 19.1 Å². The van der Waals surface area contributed by atoms with Crippen molar-refractivity contribution in [3.8, 4) is 0 Å². The van der Waals surface area contributed by atoms with E-state index >= 15 is 0 Å². The van der Waals surface area contributed by atoms with Crippen LogP contribution in [0.5, 0.6) is 0 Å². The lowest BCUT2D eigenvalue weighted by atomic mass is 10.2. The number of alkyl carbamates (subject to hydrolysis) is 1. The summed E-state index contributed by atoms with van der Waals surface area (Å²) >= 11 is 0. The van der Waals surface area contributed by atoms with Gasteiger partial charge in [0.15, 0.2) is 0 Å². The molecule has 6 nitrogen and oxygen atoms in total. The molecule has 116 valence electrons. The van der Waals surface area contributed by atoms with Crippen LogP contribution in [-0.2, 0) is 14.3 Å². The predicted molar refractivity (Wildman–Crippen MR) is 75.5 cm³/mol. The summed E-state index contributed by atoms with van der Waals surface area (Å²) in [6.07, 6.45) is 2.00. The Morgan fingerprint density at radius 2 is 2.10 bits per heavy atom. The van der Waals surface area contributed by atoms with E-state index in [2.05, 4.69) is 5.32 Å². The van der Waals surface area contributed by atoms with Gasteiger partial charge in [0.2, 0.25) is 5.91 Å². The van der Waals surface area contributed by atoms with E-state index in [1.54, 1.807) is 32.7 Å². The highest BCUT2D eigenvalue weighted by molar-refractivity contribution is 5.77. The monoisotopic (exact) mass is 286 g/mol. The van der Waals surface area contributed by atoms with Gasteiger partial charge in [-0.05, 0) is 33.6 Å². The number of amides is 2. The molecular weight excluding hydrogens is 260 g/mol. The first-order chi connectivity index (χ1) is 9.28. The molecule has 1 rings (SSSR count). The zero-order chi connectivity index (χ0) is 15.2. The van der Waals surface area contributed by atoms with E-state index in [4.69, 9.17) is 9.47 Å². The van der Waals surface area contributed by atoms with Crippen LogP contribution in [0.15, 0.2) is 0 Å². The number of hydrogen-bond donors (Lipinski definition) is 1. The van der Waals surface area contributed by atoms with Crippen molar-refractivity contribution in [3.63, 3.8) is 0 Å². The number of ether oxygens (including phenoxy) is 2. The Morgan fingerprint density at radius 1 is 1.40 bits per heavy atom. The van der Waals surface area contributed by atoms with Gasteiger partial charge in [0, 0.05) is 33.2 Å². The van der Waals surface area contributed by atoms with Gasteiger partial charge in [-0.25, -0.2) is 4.79 Å². The molecule has 2 amide bonds. The number of nitrogens with zero attached hydrogens (tertiary/aromatic N) is 1. The number of nitrogens with one attached hydrogen (secondary N) is 1. The standard InChI is InChI=1S/C14H26N2O4/c1-14(2,3)20-13(18)15-8-7-12(17)16(4)10-11-6-5-9-19-11/h11H,5-10H2,1-4H3,(H,15,18). The molecular formula is C14H26N2O4. The Morgan fingerprint density at radius 3 is 2.65 bits per heavy atom. The van der Waals surface area contributed by atoms with Gasteiger partial charge in [0.25, 0.3) is 0 Å². The summed E-state index contributed by atoms with van der Waals surface area (Å²) < 4.78 is 10.6. The molecule has 1 aliphatic heterocycles. The van der Waals surface area contributed by atoms with Crippen LogP contribution in [0.2, 0.25) is 0 Å². The minimum Gasteiger partial charge on any atom is -0.444 e. The molecule has 1 atom stereocenters. The van der Waals surface area contributed by atoms with Gasteiger partial charge in [0.1, 0.15) is 5.60 Å². The maximum Gasteiger partial charge on any atom is 0.407 e. The molecule has 1 fully saturated rings. The third-order valence-electron chi connectivity index (χ3n) is 2.93. The van der Waals surface area contributed by atoms with Crippen molar-refractivity contribution in [2.75, 3.05) is 26.7 Å². The average molecular weight is 286 g/mol. The summed E-state index contributed by atoms with van der Waals surface area (Å²) in [5.74, 6) is -0.00319. The number of carbonyl (C=O) groups excluding carboxylic acids is 2. The fourth-order valence-corrected chi connectivity index (χ4v) is 1.97. The van der Waals surface area contributed by atoms with Crippen LogP contribution < -0.4 is 5.32 Å². The Balaban J connectivity index is 2.17. The molecule has 0 aromatic rings. The van der Waals surface area contributed by atoms with E-state index in [-0.39, 0.29) is 25.0 Å². The molecule has 0 aromatic heterocycles. The molecule has 0 radical (unpaired) electrons. The molecule has 0 spiro atoms. The quantitative estimate of drug-likeness (QED) is 0.832. The normalized spacial score (nSPS) is 18.7. The fourth-order valence-electron chi connectivity index (χ4n) is 1.97. The molecule has 0 aromatic carbocycles. The SMILES string of the molecule is CN(CC1CCCO1)C(=O)CCNC(=O)OC(C)(C)C. The van der Waals surface area contributed by atoms with Gasteiger partial charge in [0.05, 0.1) is 6.10 Å². The van der Waals surface area contributed by atoms with Gasteiger partial charge in [-0.3, -0.25) is 4.79 Å². The Kier molecular flexibility index (Phi) is 6.26. The fraction of sp³-hybridized carbons (Fsp3) is 0.857. The smallest absolute Gasteiger partial charge is 0.407 e. The lowest BCUT2D eigenvalue weighted by Gasteiger charge is -2.22. The molecule has 0 saturated carbocycles. The molecule has 1 heterocycles. The van der Waals surface area contributed by atoms with Crippen LogP contribution in [0.3, 0.4) is 0 Å². The van der Waals surface area contributed by atoms with E-state index < -0.39 is 11.7 Å². The predicted octanol–water partition coefficient (Wildman–Crippen LogP) is 1.54. The lowest BCUT2D eigenvalue weighted by Crippen LogP contribution is -2.37. The Hall–Kier alpha value is -1.30. The van der Waals surface area contributed by atoms with Crippen molar-refractivity contribution in [3.05, 3.63) is 0 Å². The second-order valence-corrected chi connectivity index (χ2v) is 6.09. The molecule has 0 bridgehead atoms. The molecule has 0 aliphatic carbocycles. The van der Waals surface area contributed by atoms with Crippen LogP contribution in [0.25, 0.3) is 0 Å². The molecule has 1 unspecified atom stereocenters. The van der Waals surface area contributed by atoms with Crippen molar-refractivity contribution >= 4 is 12.0 Å². The summed E-state index contributed by atoms with van der Waals surface area (Å²) in [6.45, 7) is 7.08. The Labute approximate surface area is 120 Å². The Bertz CT molecular complexity index is 333. The summed E-state index contributed by atoms with van der Waals surface area (Å²) in [7, 11) is 1.76. The van der Waals surface area contributed by atoms with Gasteiger partial charge < -0.3 is 19.7 Å².